The van der Waals surface area contributed by atoms with Crippen LogP contribution in [0.4, 0.5) is 11.4 Å². The van der Waals surface area contributed by atoms with Crippen molar-refractivity contribution < 1.29 is 9.59 Å². The van der Waals surface area contributed by atoms with Gasteiger partial charge in [-0.3, -0.25) is 14.6 Å². The highest BCUT2D eigenvalue weighted by atomic mass is 32.2. The normalized spacial score (nSPS) is 13.1. The molecule has 0 radical (unpaired) electrons. The smallest absolute Gasteiger partial charge is 0.234 e. The van der Waals surface area contributed by atoms with Crippen LogP contribution < -0.4 is 10.6 Å². The van der Waals surface area contributed by atoms with Crippen LogP contribution in [0.3, 0.4) is 0 Å². The van der Waals surface area contributed by atoms with Gasteiger partial charge < -0.3 is 15.2 Å². The fourth-order valence-corrected chi connectivity index (χ4v) is 3.75. The molecule has 2 amide bonds. The monoisotopic (exact) mass is 422 g/mol. The Morgan fingerprint density at radius 3 is 2.33 bits per heavy atom. The Hall–Kier alpha value is -3.20. The SMILES string of the molecule is CCn1c(SCC(=O)Nc2ccc(NC(=O)C3CC3)cc2)nnc1-c1ccncc1. The second-order valence-corrected chi connectivity index (χ2v) is 7.91. The van der Waals surface area contributed by atoms with Gasteiger partial charge >= 0.3 is 0 Å². The standard InChI is InChI=1S/C21H22N6O2S/c1-2-27-19(14-9-11-22-12-10-14)25-26-21(27)30-13-18(28)23-16-5-7-17(8-6-16)24-20(29)15-3-4-15/h5-12,15H,2-4,13H2,1H3,(H,23,28)(H,24,29). The number of nitrogens with zero attached hydrogens (tertiary/aromatic N) is 4. The molecule has 1 aromatic carbocycles. The zero-order valence-corrected chi connectivity index (χ0v) is 17.4. The summed E-state index contributed by atoms with van der Waals surface area (Å²) in [6.07, 6.45) is 5.36. The zero-order chi connectivity index (χ0) is 20.9. The molecule has 0 saturated heterocycles. The Morgan fingerprint density at radius 2 is 1.70 bits per heavy atom. The van der Waals surface area contributed by atoms with E-state index in [2.05, 4.69) is 25.8 Å². The van der Waals surface area contributed by atoms with Crippen LogP contribution in [0.1, 0.15) is 19.8 Å². The Morgan fingerprint density at radius 1 is 1.03 bits per heavy atom. The highest BCUT2D eigenvalue weighted by molar-refractivity contribution is 7.99. The maximum atomic E-state index is 12.4. The fraction of sp³-hybridized carbons (Fsp3) is 0.286. The van der Waals surface area contributed by atoms with Crippen molar-refractivity contribution in [3.05, 3.63) is 48.8 Å². The fourth-order valence-electron chi connectivity index (χ4n) is 2.95. The summed E-state index contributed by atoms with van der Waals surface area (Å²) in [5.41, 5.74) is 2.35. The Labute approximate surface area is 178 Å². The number of aromatic nitrogens is 4. The largest absolute Gasteiger partial charge is 0.326 e. The summed E-state index contributed by atoms with van der Waals surface area (Å²) in [4.78, 5) is 28.2. The quantitative estimate of drug-likeness (QED) is 0.539. The van der Waals surface area contributed by atoms with Crippen molar-refractivity contribution in [2.45, 2.75) is 31.5 Å². The van der Waals surface area contributed by atoms with Gasteiger partial charge in [0.2, 0.25) is 11.8 Å². The Balaban J connectivity index is 1.32. The number of carbonyl (C=O) groups is 2. The third-order valence-electron chi connectivity index (χ3n) is 4.69. The van der Waals surface area contributed by atoms with Gasteiger partial charge in [-0.25, -0.2) is 0 Å². The van der Waals surface area contributed by atoms with Gasteiger partial charge in [0.15, 0.2) is 11.0 Å². The lowest BCUT2D eigenvalue weighted by Crippen LogP contribution is -2.15. The molecular weight excluding hydrogens is 400 g/mol. The molecule has 0 spiro atoms. The molecule has 8 nitrogen and oxygen atoms in total. The van der Waals surface area contributed by atoms with Crippen LogP contribution in [0.25, 0.3) is 11.4 Å². The van der Waals surface area contributed by atoms with E-state index < -0.39 is 0 Å². The van der Waals surface area contributed by atoms with Crippen molar-refractivity contribution in [1.82, 2.24) is 19.7 Å². The highest BCUT2D eigenvalue weighted by Gasteiger charge is 2.29. The number of thioether (sulfide) groups is 1. The summed E-state index contributed by atoms with van der Waals surface area (Å²) >= 11 is 1.34. The van der Waals surface area contributed by atoms with Crippen LogP contribution >= 0.6 is 11.8 Å². The van der Waals surface area contributed by atoms with Crippen molar-refractivity contribution in [2.75, 3.05) is 16.4 Å². The molecule has 154 valence electrons. The van der Waals surface area contributed by atoms with Gasteiger partial charge in [-0.2, -0.15) is 0 Å². The van der Waals surface area contributed by atoms with E-state index in [1.165, 1.54) is 11.8 Å². The van der Waals surface area contributed by atoms with Crippen molar-refractivity contribution in [3.63, 3.8) is 0 Å². The molecule has 0 unspecified atom stereocenters. The molecule has 2 heterocycles. The van der Waals surface area contributed by atoms with Gasteiger partial charge in [0, 0.05) is 41.8 Å². The minimum Gasteiger partial charge on any atom is -0.326 e. The molecule has 2 aromatic heterocycles. The molecule has 1 fully saturated rings. The lowest BCUT2D eigenvalue weighted by Gasteiger charge is -2.09. The van der Waals surface area contributed by atoms with Crippen molar-refractivity contribution in [3.8, 4) is 11.4 Å². The van der Waals surface area contributed by atoms with E-state index in [1.807, 2.05) is 23.6 Å². The summed E-state index contributed by atoms with van der Waals surface area (Å²) in [6.45, 7) is 2.71. The highest BCUT2D eigenvalue weighted by Crippen LogP contribution is 2.30. The molecule has 9 heteroatoms. The van der Waals surface area contributed by atoms with E-state index in [-0.39, 0.29) is 23.5 Å². The number of amides is 2. The summed E-state index contributed by atoms with van der Waals surface area (Å²) in [6, 6.07) is 10.9. The first kappa shape index (κ1) is 20.1. The average Bonchev–Trinajstić information content (AvgIpc) is 3.54. The summed E-state index contributed by atoms with van der Waals surface area (Å²) in [5.74, 6) is 1.06. The van der Waals surface area contributed by atoms with E-state index in [9.17, 15) is 9.59 Å². The van der Waals surface area contributed by atoms with Gasteiger partial charge in [0.1, 0.15) is 0 Å². The molecule has 2 N–H and O–H groups in total. The predicted octanol–water partition coefficient (Wildman–Crippen LogP) is 3.44. The van der Waals surface area contributed by atoms with E-state index >= 15 is 0 Å². The lowest BCUT2D eigenvalue weighted by atomic mass is 10.2. The number of carbonyl (C=O) groups excluding carboxylic acids is 2. The molecule has 30 heavy (non-hydrogen) atoms. The molecule has 1 aliphatic rings. The van der Waals surface area contributed by atoms with Gasteiger partial charge in [-0.05, 0) is 56.2 Å². The summed E-state index contributed by atoms with van der Waals surface area (Å²) in [7, 11) is 0. The van der Waals surface area contributed by atoms with E-state index in [1.54, 1.807) is 36.7 Å². The third-order valence-corrected chi connectivity index (χ3v) is 5.66. The van der Waals surface area contributed by atoms with Gasteiger partial charge in [0.05, 0.1) is 5.75 Å². The summed E-state index contributed by atoms with van der Waals surface area (Å²) < 4.78 is 1.98. The van der Waals surface area contributed by atoms with Crippen LogP contribution in [-0.4, -0.2) is 37.3 Å². The molecule has 1 aliphatic carbocycles. The second kappa shape index (κ2) is 9.08. The predicted molar refractivity (Wildman–Crippen MR) is 116 cm³/mol. The van der Waals surface area contributed by atoms with E-state index in [0.717, 1.165) is 29.9 Å². The van der Waals surface area contributed by atoms with Crippen LogP contribution in [-0.2, 0) is 16.1 Å². The molecule has 0 atom stereocenters. The van der Waals surface area contributed by atoms with Crippen LogP contribution in [0, 0.1) is 5.92 Å². The number of nitrogens with one attached hydrogen (secondary N) is 2. The number of anilines is 2. The first-order valence-corrected chi connectivity index (χ1v) is 10.8. The topological polar surface area (TPSA) is 102 Å². The molecule has 4 rings (SSSR count). The summed E-state index contributed by atoms with van der Waals surface area (Å²) in [5, 5.41) is 14.9. The number of benzene rings is 1. The number of rotatable bonds is 8. The zero-order valence-electron chi connectivity index (χ0n) is 16.5. The van der Waals surface area contributed by atoms with Gasteiger partial charge in [-0.1, -0.05) is 11.8 Å². The molecule has 1 saturated carbocycles. The van der Waals surface area contributed by atoms with E-state index in [0.29, 0.717) is 17.4 Å². The first-order chi connectivity index (χ1) is 14.6. The number of hydrogen-bond acceptors (Lipinski definition) is 6. The van der Waals surface area contributed by atoms with Gasteiger partial charge in [0.25, 0.3) is 0 Å². The maximum absolute atomic E-state index is 12.4. The van der Waals surface area contributed by atoms with Crippen LogP contribution in [0.5, 0.6) is 0 Å². The Kier molecular flexibility index (Phi) is 6.08. The Bertz CT molecular complexity index is 1030. The first-order valence-electron chi connectivity index (χ1n) is 9.81. The molecular formula is C21H22N6O2S. The van der Waals surface area contributed by atoms with Crippen LogP contribution in [0.15, 0.2) is 53.9 Å². The minimum atomic E-state index is -0.133. The third kappa shape index (κ3) is 4.85. The molecule has 3 aromatic rings. The van der Waals surface area contributed by atoms with Crippen molar-refractivity contribution in [2.24, 2.45) is 5.92 Å². The molecule has 0 aliphatic heterocycles. The van der Waals surface area contributed by atoms with E-state index in [4.69, 9.17) is 0 Å². The second-order valence-electron chi connectivity index (χ2n) is 6.96. The lowest BCUT2D eigenvalue weighted by molar-refractivity contribution is -0.117. The van der Waals surface area contributed by atoms with Crippen molar-refractivity contribution >= 4 is 35.0 Å². The van der Waals surface area contributed by atoms with Crippen LogP contribution in [0.2, 0.25) is 0 Å². The van der Waals surface area contributed by atoms with Gasteiger partial charge in [-0.15, -0.1) is 10.2 Å². The van der Waals surface area contributed by atoms with Crippen molar-refractivity contribution in [1.29, 1.82) is 0 Å². The number of hydrogen-bond donors (Lipinski definition) is 2. The average molecular weight is 423 g/mol. The minimum absolute atomic E-state index is 0.0642. The molecule has 0 bridgehead atoms. The number of pyridine rings is 1. The maximum Gasteiger partial charge on any atom is 0.234 e.